The van der Waals surface area contributed by atoms with Gasteiger partial charge in [0.15, 0.2) is 0 Å². The van der Waals surface area contributed by atoms with Crippen LogP contribution in [0.1, 0.15) is 37.7 Å². The summed E-state index contributed by atoms with van der Waals surface area (Å²) in [4.78, 5) is 7.78. The number of hydrogen-bond acceptors (Lipinski definition) is 1. The van der Waals surface area contributed by atoms with Crippen molar-refractivity contribution in [2.24, 2.45) is 0 Å². The molecule has 0 fully saturated rings. The number of alkyl halides is 1. The smallest absolute Gasteiger partial charge is 0.137 e. The van der Waals surface area contributed by atoms with Crippen molar-refractivity contribution in [3.8, 4) is 11.4 Å². The molecule has 0 radical (unpaired) electrons. The minimum atomic E-state index is 0.179. The van der Waals surface area contributed by atoms with E-state index >= 15 is 0 Å². The highest BCUT2D eigenvalue weighted by Crippen LogP contribution is 2.25. The second kappa shape index (κ2) is 4.77. The fourth-order valence-electron chi connectivity index (χ4n) is 1.89. The highest BCUT2D eigenvalue weighted by atomic mass is 35.5. The van der Waals surface area contributed by atoms with Gasteiger partial charge in [0.05, 0.1) is 11.6 Å². The summed E-state index contributed by atoms with van der Waals surface area (Å²) >= 11 is 5.84. The number of aryl methyl sites for hydroxylation is 1. The number of benzene rings is 1. The Morgan fingerprint density at radius 1 is 1.17 bits per heavy atom. The molecule has 0 atom stereocenters. The number of H-pyrrole nitrogens is 1. The molecule has 1 aromatic heterocycles. The zero-order valence-electron chi connectivity index (χ0n) is 11.3. The van der Waals surface area contributed by atoms with Crippen LogP contribution < -0.4 is 0 Å². The zero-order chi connectivity index (χ0) is 13.3. The number of imidazole rings is 1. The van der Waals surface area contributed by atoms with Gasteiger partial charge in [-0.15, -0.1) is 11.6 Å². The maximum atomic E-state index is 5.84. The fourth-order valence-corrected chi connectivity index (χ4v) is 2.15. The second-order valence-electron chi connectivity index (χ2n) is 5.62. The van der Waals surface area contributed by atoms with Gasteiger partial charge in [0.2, 0.25) is 0 Å². The molecule has 0 saturated carbocycles. The van der Waals surface area contributed by atoms with Gasteiger partial charge in [-0.3, -0.25) is 0 Å². The van der Waals surface area contributed by atoms with Crippen LogP contribution in [0.25, 0.3) is 11.4 Å². The maximum absolute atomic E-state index is 5.84. The zero-order valence-corrected chi connectivity index (χ0v) is 12.1. The van der Waals surface area contributed by atoms with Gasteiger partial charge in [0, 0.05) is 11.3 Å². The van der Waals surface area contributed by atoms with Gasteiger partial charge in [-0.25, -0.2) is 4.98 Å². The first kappa shape index (κ1) is 13.2. The van der Waals surface area contributed by atoms with Crippen molar-refractivity contribution in [2.45, 2.75) is 39.0 Å². The van der Waals surface area contributed by atoms with Crippen LogP contribution >= 0.6 is 11.6 Å². The van der Waals surface area contributed by atoms with Crippen molar-refractivity contribution in [1.29, 1.82) is 0 Å². The van der Waals surface area contributed by atoms with Crippen molar-refractivity contribution in [2.75, 3.05) is 0 Å². The van der Waals surface area contributed by atoms with E-state index in [4.69, 9.17) is 11.6 Å². The van der Waals surface area contributed by atoms with Crippen LogP contribution in [-0.2, 0) is 11.3 Å². The Labute approximate surface area is 113 Å². The van der Waals surface area contributed by atoms with E-state index in [2.05, 4.69) is 55.0 Å². The monoisotopic (exact) mass is 262 g/mol. The Morgan fingerprint density at radius 3 is 2.22 bits per heavy atom. The Balaban J connectivity index is 2.34. The summed E-state index contributed by atoms with van der Waals surface area (Å²) in [5.41, 5.74) is 4.57. The van der Waals surface area contributed by atoms with Crippen molar-refractivity contribution in [3.63, 3.8) is 0 Å². The second-order valence-corrected chi connectivity index (χ2v) is 5.89. The van der Waals surface area contributed by atoms with E-state index in [0.29, 0.717) is 5.88 Å². The number of halogens is 1. The van der Waals surface area contributed by atoms with Crippen LogP contribution in [0.2, 0.25) is 0 Å². The lowest BCUT2D eigenvalue weighted by Gasteiger charge is -2.18. The standard InChI is InChI=1S/C15H19ClN2/c1-10-13(9-16)18-14(17-10)11-5-7-12(8-6-11)15(2,3)4/h5-8H,9H2,1-4H3,(H,17,18). The molecule has 0 aliphatic heterocycles. The summed E-state index contributed by atoms with van der Waals surface area (Å²) in [7, 11) is 0. The third kappa shape index (κ3) is 2.59. The molecule has 96 valence electrons. The first-order valence-corrected chi connectivity index (χ1v) is 6.67. The predicted molar refractivity (Wildman–Crippen MR) is 77.0 cm³/mol. The molecule has 18 heavy (non-hydrogen) atoms. The van der Waals surface area contributed by atoms with E-state index in [1.54, 1.807) is 0 Å². The first-order chi connectivity index (χ1) is 8.41. The molecule has 2 aromatic rings. The Bertz CT molecular complexity index is 533. The van der Waals surface area contributed by atoms with Crippen molar-refractivity contribution in [3.05, 3.63) is 41.2 Å². The lowest BCUT2D eigenvalue weighted by atomic mass is 9.87. The average molecular weight is 263 g/mol. The normalized spacial score (nSPS) is 11.8. The van der Waals surface area contributed by atoms with Gasteiger partial charge in [0.25, 0.3) is 0 Å². The summed E-state index contributed by atoms with van der Waals surface area (Å²) in [6, 6.07) is 8.54. The molecule has 0 unspecified atom stereocenters. The third-order valence-corrected chi connectivity index (χ3v) is 3.39. The van der Waals surface area contributed by atoms with E-state index in [0.717, 1.165) is 22.8 Å². The topological polar surface area (TPSA) is 28.7 Å². The minimum Gasteiger partial charge on any atom is -0.342 e. The quantitative estimate of drug-likeness (QED) is 0.798. The molecular weight excluding hydrogens is 244 g/mol. The van der Waals surface area contributed by atoms with Gasteiger partial charge < -0.3 is 4.98 Å². The molecule has 1 aromatic carbocycles. The van der Waals surface area contributed by atoms with Crippen molar-refractivity contribution < 1.29 is 0 Å². The lowest BCUT2D eigenvalue weighted by Crippen LogP contribution is -2.10. The van der Waals surface area contributed by atoms with Crippen LogP contribution in [0.4, 0.5) is 0 Å². The summed E-state index contributed by atoms with van der Waals surface area (Å²) in [6.07, 6.45) is 0. The van der Waals surface area contributed by atoms with E-state index in [-0.39, 0.29) is 5.41 Å². The van der Waals surface area contributed by atoms with Crippen LogP contribution in [-0.4, -0.2) is 9.97 Å². The van der Waals surface area contributed by atoms with Gasteiger partial charge in [-0.1, -0.05) is 45.0 Å². The number of nitrogens with one attached hydrogen (secondary N) is 1. The Morgan fingerprint density at radius 2 is 1.78 bits per heavy atom. The van der Waals surface area contributed by atoms with E-state index < -0.39 is 0 Å². The van der Waals surface area contributed by atoms with Crippen LogP contribution in [0.3, 0.4) is 0 Å². The van der Waals surface area contributed by atoms with Crippen LogP contribution in [0, 0.1) is 6.92 Å². The molecule has 3 heteroatoms. The molecule has 1 heterocycles. The predicted octanol–water partition coefficient (Wildman–Crippen LogP) is 4.42. The molecule has 2 rings (SSSR count). The Kier molecular flexibility index (Phi) is 3.49. The maximum Gasteiger partial charge on any atom is 0.137 e. The summed E-state index contributed by atoms with van der Waals surface area (Å²) in [6.45, 7) is 8.64. The van der Waals surface area contributed by atoms with Crippen LogP contribution in [0.5, 0.6) is 0 Å². The molecule has 0 saturated heterocycles. The molecule has 2 nitrogen and oxygen atoms in total. The number of nitrogens with zero attached hydrogens (tertiary/aromatic N) is 1. The molecule has 0 amide bonds. The molecule has 0 spiro atoms. The largest absolute Gasteiger partial charge is 0.342 e. The molecule has 0 aliphatic carbocycles. The van der Waals surface area contributed by atoms with Crippen molar-refractivity contribution in [1.82, 2.24) is 9.97 Å². The van der Waals surface area contributed by atoms with Gasteiger partial charge in [-0.05, 0) is 17.9 Å². The SMILES string of the molecule is Cc1[nH]c(-c2ccc(C(C)(C)C)cc2)nc1CCl. The molecule has 0 aliphatic rings. The van der Waals surface area contributed by atoms with Crippen LogP contribution in [0.15, 0.2) is 24.3 Å². The number of aromatic amines is 1. The molecule has 1 N–H and O–H groups in total. The third-order valence-electron chi connectivity index (χ3n) is 3.14. The number of hydrogen-bond donors (Lipinski definition) is 1. The van der Waals surface area contributed by atoms with Crippen molar-refractivity contribution >= 4 is 11.6 Å². The Hall–Kier alpha value is -1.28. The first-order valence-electron chi connectivity index (χ1n) is 6.14. The fraction of sp³-hybridized carbons (Fsp3) is 0.400. The van der Waals surface area contributed by atoms with E-state index in [1.807, 2.05) is 6.92 Å². The summed E-state index contributed by atoms with van der Waals surface area (Å²) < 4.78 is 0. The van der Waals surface area contributed by atoms with E-state index in [1.165, 1.54) is 5.56 Å². The average Bonchev–Trinajstić information content (AvgIpc) is 2.69. The highest BCUT2D eigenvalue weighted by Gasteiger charge is 2.14. The lowest BCUT2D eigenvalue weighted by molar-refractivity contribution is 0.590. The highest BCUT2D eigenvalue weighted by molar-refractivity contribution is 6.17. The van der Waals surface area contributed by atoms with Gasteiger partial charge >= 0.3 is 0 Å². The number of aromatic nitrogens is 2. The summed E-state index contributed by atoms with van der Waals surface area (Å²) in [5, 5.41) is 0. The number of rotatable bonds is 2. The van der Waals surface area contributed by atoms with Gasteiger partial charge in [-0.2, -0.15) is 0 Å². The van der Waals surface area contributed by atoms with Gasteiger partial charge in [0.1, 0.15) is 5.82 Å². The minimum absolute atomic E-state index is 0.179. The van der Waals surface area contributed by atoms with E-state index in [9.17, 15) is 0 Å². The molecule has 0 bridgehead atoms. The summed E-state index contributed by atoms with van der Waals surface area (Å²) in [5.74, 6) is 1.34. The molecular formula is C15H19ClN2.